The number of nitriles is 1. The van der Waals surface area contributed by atoms with Crippen molar-refractivity contribution in [1.29, 1.82) is 5.26 Å². The molecule has 0 bridgehead atoms. The van der Waals surface area contributed by atoms with Crippen molar-refractivity contribution in [2.24, 2.45) is 5.10 Å². The molecule has 1 amide bonds. The van der Waals surface area contributed by atoms with Crippen LogP contribution in [0.1, 0.15) is 17.0 Å². The molecule has 1 aliphatic rings. The first-order chi connectivity index (χ1) is 11.3. The van der Waals surface area contributed by atoms with Gasteiger partial charge in [-0.3, -0.25) is 4.79 Å². The van der Waals surface area contributed by atoms with Crippen molar-refractivity contribution in [3.8, 4) is 17.6 Å². The van der Waals surface area contributed by atoms with Gasteiger partial charge in [0.05, 0.1) is 12.3 Å². The van der Waals surface area contributed by atoms with E-state index in [4.69, 9.17) is 9.47 Å². The van der Waals surface area contributed by atoms with Crippen molar-refractivity contribution < 1.29 is 14.3 Å². The number of nitrogens with one attached hydrogen (secondary N) is 1. The van der Waals surface area contributed by atoms with Gasteiger partial charge in [0.15, 0.2) is 17.4 Å². The Morgan fingerprint density at radius 3 is 2.78 bits per heavy atom. The third kappa shape index (κ3) is 3.30. The molecule has 6 heteroatoms. The summed E-state index contributed by atoms with van der Waals surface area (Å²) >= 11 is 0. The van der Waals surface area contributed by atoms with Crippen LogP contribution in [0.15, 0.2) is 53.6 Å². The average Bonchev–Trinajstić information content (AvgIpc) is 3.04. The minimum atomic E-state index is -0.898. The van der Waals surface area contributed by atoms with E-state index in [1.807, 2.05) is 12.1 Å². The summed E-state index contributed by atoms with van der Waals surface area (Å²) in [6.07, 6.45) is 1.49. The van der Waals surface area contributed by atoms with E-state index in [1.165, 1.54) is 6.21 Å². The predicted molar refractivity (Wildman–Crippen MR) is 83.1 cm³/mol. The lowest BCUT2D eigenvalue weighted by atomic mass is 10.0. The maximum absolute atomic E-state index is 12.1. The molecule has 114 valence electrons. The van der Waals surface area contributed by atoms with Crippen molar-refractivity contribution in [2.45, 2.75) is 5.92 Å². The fourth-order valence-corrected chi connectivity index (χ4v) is 2.16. The molecular formula is C17H13N3O3. The molecule has 2 aromatic carbocycles. The SMILES string of the molecule is N#C[C@@H](C(=O)N/N=C\c1ccc2c(c1)OCO2)c1ccccc1. The Kier molecular flexibility index (Phi) is 4.20. The molecule has 2 aromatic rings. The van der Waals surface area contributed by atoms with Gasteiger partial charge in [0.25, 0.3) is 5.91 Å². The largest absolute Gasteiger partial charge is 0.454 e. The fraction of sp³-hybridized carbons (Fsp3) is 0.118. The van der Waals surface area contributed by atoms with Crippen LogP contribution in [0.3, 0.4) is 0 Å². The smallest absolute Gasteiger partial charge is 0.261 e. The van der Waals surface area contributed by atoms with Crippen molar-refractivity contribution >= 4 is 12.1 Å². The second-order valence-electron chi connectivity index (χ2n) is 4.82. The number of rotatable bonds is 4. The molecule has 0 radical (unpaired) electrons. The number of amides is 1. The minimum absolute atomic E-state index is 0.202. The second-order valence-corrected chi connectivity index (χ2v) is 4.82. The summed E-state index contributed by atoms with van der Waals surface area (Å²) in [7, 11) is 0. The lowest BCUT2D eigenvalue weighted by Crippen LogP contribution is -2.24. The molecule has 3 rings (SSSR count). The van der Waals surface area contributed by atoms with E-state index in [1.54, 1.807) is 42.5 Å². The summed E-state index contributed by atoms with van der Waals surface area (Å²) in [6, 6.07) is 16.2. The zero-order valence-corrected chi connectivity index (χ0v) is 12.1. The molecule has 0 fully saturated rings. The number of nitrogens with zero attached hydrogens (tertiary/aromatic N) is 2. The van der Waals surface area contributed by atoms with Crippen LogP contribution in [0, 0.1) is 11.3 Å². The molecule has 0 aromatic heterocycles. The number of carbonyl (C=O) groups excluding carboxylic acids is 1. The topological polar surface area (TPSA) is 83.7 Å². The van der Waals surface area contributed by atoms with Crippen LogP contribution in [0.2, 0.25) is 0 Å². The molecule has 1 aliphatic heterocycles. The van der Waals surface area contributed by atoms with E-state index < -0.39 is 11.8 Å². The summed E-state index contributed by atoms with van der Waals surface area (Å²) in [6.45, 7) is 0.202. The highest BCUT2D eigenvalue weighted by Crippen LogP contribution is 2.31. The van der Waals surface area contributed by atoms with Gasteiger partial charge in [0.2, 0.25) is 6.79 Å². The van der Waals surface area contributed by atoms with E-state index in [0.717, 1.165) is 5.56 Å². The van der Waals surface area contributed by atoms with Gasteiger partial charge in [-0.15, -0.1) is 0 Å². The molecule has 1 atom stereocenters. The number of hydrogen-bond donors (Lipinski definition) is 1. The highest BCUT2D eigenvalue weighted by Gasteiger charge is 2.19. The van der Waals surface area contributed by atoms with E-state index in [-0.39, 0.29) is 6.79 Å². The number of benzene rings is 2. The molecule has 6 nitrogen and oxygen atoms in total. The molecule has 0 unspecified atom stereocenters. The van der Waals surface area contributed by atoms with Crippen molar-refractivity contribution in [3.63, 3.8) is 0 Å². The molecule has 0 saturated carbocycles. The number of ether oxygens (including phenoxy) is 2. The quantitative estimate of drug-likeness (QED) is 0.693. The van der Waals surface area contributed by atoms with Crippen LogP contribution < -0.4 is 14.9 Å². The van der Waals surface area contributed by atoms with Gasteiger partial charge < -0.3 is 9.47 Å². The molecule has 0 saturated heterocycles. The first-order valence-corrected chi connectivity index (χ1v) is 6.95. The summed E-state index contributed by atoms with van der Waals surface area (Å²) in [5.41, 5.74) is 3.77. The van der Waals surface area contributed by atoms with E-state index in [2.05, 4.69) is 10.5 Å². The van der Waals surface area contributed by atoms with Crippen molar-refractivity contribution in [1.82, 2.24) is 5.43 Å². The number of hydrogen-bond acceptors (Lipinski definition) is 5. The summed E-state index contributed by atoms with van der Waals surface area (Å²) in [5.74, 6) is -0.0555. The van der Waals surface area contributed by atoms with Crippen LogP contribution in [0.25, 0.3) is 0 Å². The molecule has 1 N–H and O–H groups in total. The van der Waals surface area contributed by atoms with E-state index in [9.17, 15) is 10.1 Å². The van der Waals surface area contributed by atoms with Crippen LogP contribution in [-0.2, 0) is 4.79 Å². The Hall–Kier alpha value is -3.33. The van der Waals surface area contributed by atoms with Crippen LogP contribution in [-0.4, -0.2) is 18.9 Å². The van der Waals surface area contributed by atoms with Gasteiger partial charge >= 0.3 is 0 Å². The number of carbonyl (C=O) groups is 1. The van der Waals surface area contributed by atoms with Gasteiger partial charge in [-0.1, -0.05) is 30.3 Å². The summed E-state index contributed by atoms with van der Waals surface area (Å²) in [4.78, 5) is 12.1. The Morgan fingerprint density at radius 2 is 2.00 bits per heavy atom. The summed E-state index contributed by atoms with van der Waals surface area (Å²) < 4.78 is 10.5. The van der Waals surface area contributed by atoms with E-state index in [0.29, 0.717) is 17.1 Å². The van der Waals surface area contributed by atoms with E-state index >= 15 is 0 Å². The second kappa shape index (κ2) is 6.62. The Labute approximate surface area is 133 Å². The predicted octanol–water partition coefficient (Wildman–Crippen LogP) is 2.17. The maximum Gasteiger partial charge on any atom is 0.261 e. The Bertz CT molecular complexity index is 781. The van der Waals surface area contributed by atoms with Gasteiger partial charge in [-0.25, -0.2) is 5.43 Å². The highest BCUT2D eigenvalue weighted by atomic mass is 16.7. The lowest BCUT2D eigenvalue weighted by Gasteiger charge is -2.07. The minimum Gasteiger partial charge on any atom is -0.454 e. The highest BCUT2D eigenvalue weighted by molar-refractivity contribution is 5.88. The fourth-order valence-electron chi connectivity index (χ4n) is 2.16. The Morgan fingerprint density at radius 1 is 1.22 bits per heavy atom. The van der Waals surface area contributed by atoms with Gasteiger partial charge in [0.1, 0.15) is 0 Å². The van der Waals surface area contributed by atoms with Crippen LogP contribution >= 0.6 is 0 Å². The van der Waals surface area contributed by atoms with Crippen LogP contribution in [0.4, 0.5) is 0 Å². The zero-order chi connectivity index (χ0) is 16.1. The molecule has 0 aliphatic carbocycles. The third-order valence-corrected chi connectivity index (χ3v) is 3.31. The zero-order valence-electron chi connectivity index (χ0n) is 12.1. The van der Waals surface area contributed by atoms with Gasteiger partial charge in [0, 0.05) is 0 Å². The van der Waals surface area contributed by atoms with Gasteiger partial charge in [-0.2, -0.15) is 10.4 Å². The third-order valence-electron chi connectivity index (χ3n) is 3.31. The van der Waals surface area contributed by atoms with Gasteiger partial charge in [-0.05, 0) is 29.3 Å². The summed E-state index contributed by atoms with van der Waals surface area (Å²) in [5, 5.41) is 13.1. The first kappa shape index (κ1) is 14.6. The van der Waals surface area contributed by atoms with Crippen LogP contribution in [0.5, 0.6) is 11.5 Å². The molecule has 23 heavy (non-hydrogen) atoms. The van der Waals surface area contributed by atoms with Crippen molar-refractivity contribution in [3.05, 3.63) is 59.7 Å². The average molecular weight is 307 g/mol. The molecule has 0 spiro atoms. The monoisotopic (exact) mass is 307 g/mol. The molecule has 1 heterocycles. The number of hydrazone groups is 1. The molecular weight excluding hydrogens is 294 g/mol. The normalized spacial score (nSPS) is 13.5. The Balaban J connectivity index is 1.65. The van der Waals surface area contributed by atoms with Crippen molar-refractivity contribution in [2.75, 3.05) is 6.79 Å². The maximum atomic E-state index is 12.1. The lowest BCUT2D eigenvalue weighted by molar-refractivity contribution is -0.121. The number of fused-ring (bicyclic) bond motifs is 1. The standard InChI is InChI=1S/C17H13N3O3/c18-9-14(13-4-2-1-3-5-13)17(21)20-19-10-12-6-7-15-16(8-12)23-11-22-15/h1-8,10,14H,11H2,(H,20,21)/b19-10-/t14-/m1/s1. The first-order valence-electron chi connectivity index (χ1n) is 6.95.